The molecule has 5 heteroatoms. The first kappa shape index (κ1) is 15.2. The minimum absolute atomic E-state index is 0. The number of rotatable bonds is 3. The van der Waals surface area contributed by atoms with Crippen LogP contribution in [-0.4, -0.2) is 35.6 Å². The van der Waals surface area contributed by atoms with E-state index in [1.54, 1.807) is 0 Å². The zero-order chi connectivity index (χ0) is 12.4. The number of halogens is 1. The minimum Gasteiger partial charge on any atom is -0.312 e. The fourth-order valence-electron chi connectivity index (χ4n) is 3.13. The molecule has 0 aromatic carbocycles. The lowest BCUT2D eigenvalue weighted by Crippen LogP contribution is -2.48. The monoisotopic (exact) mass is 301 g/mol. The molecule has 1 saturated heterocycles. The summed E-state index contributed by atoms with van der Waals surface area (Å²) in [5, 5.41) is 4.89. The topological polar surface area (TPSA) is 28.2 Å². The maximum absolute atomic E-state index is 4.66. The quantitative estimate of drug-likeness (QED) is 0.930. The molecule has 0 radical (unpaired) electrons. The molecule has 1 N–H and O–H groups in total. The number of nitrogens with one attached hydrogen (secondary N) is 1. The first-order valence-electron chi connectivity index (χ1n) is 7.21. The molecule has 1 aromatic heterocycles. The van der Waals surface area contributed by atoms with Crippen molar-refractivity contribution in [2.24, 2.45) is 0 Å². The van der Waals surface area contributed by atoms with Crippen LogP contribution in [0.1, 0.15) is 48.4 Å². The molecule has 1 aromatic rings. The Kier molecular flexibility index (Phi) is 5.63. The van der Waals surface area contributed by atoms with Crippen LogP contribution in [-0.2, 0) is 6.54 Å². The van der Waals surface area contributed by atoms with Crippen molar-refractivity contribution in [2.45, 2.75) is 51.1 Å². The first-order valence-corrected chi connectivity index (χ1v) is 8.03. The van der Waals surface area contributed by atoms with E-state index in [9.17, 15) is 0 Å². The largest absolute Gasteiger partial charge is 0.312 e. The van der Waals surface area contributed by atoms with Gasteiger partial charge >= 0.3 is 0 Å². The lowest BCUT2D eigenvalue weighted by molar-refractivity contribution is 0.201. The van der Waals surface area contributed by atoms with Crippen molar-refractivity contribution in [3.05, 3.63) is 16.1 Å². The van der Waals surface area contributed by atoms with E-state index in [2.05, 4.69) is 28.3 Å². The summed E-state index contributed by atoms with van der Waals surface area (Å²) in [7, 11) is 0. The number of piperazine rings is 1. The summed E-state index contributed by atoms with van der Waals surface area (Å²) >= 11 is 1.95. The first-order chi connectivity index (χ1) is 8.81. The van der Waals surface area contributed by atoms with Gasteiger partial charge in [0.2, 0.25) is 0 Å². The predicted molar refractivity (Wildman–Crippen MR) is 83.3 cm³/mol. The van der Waals surface area contributed by atoms with Gasteiger partial charge in [-0.3, -0.25) is 4.90 Å². The summed E-state index contributed by atoms with van der Waals surface area (Å²) in [6, 6.07) is 0.626. The molecule has 0 bridgehead atoms. The Morgan fingerprint density at radius 3 is 2.95 bits per heavy atom. The molecule has 3 rings (SSSR count). The molecule has 0 spiro atoms. The van der Waals surface area contributed by atoms with E-state index in [1.165, 1.54) is 42.1 Å². The van der Waals surface area contributed by atoms with Gasteiger partial charge in [-0.2, -0.15) is 0 Å². The summed E-state index contributed by atoms with van der Waals surface area (Å²) in [6.45, 7) is 6.81. The van der Waals surface area contributed by atoms with Gasteiger partial charge in [0.25, 0.3) is 0 Å². The average molecular weight is 302 g/mol. The third kappa shape index (κ3) is 3.91. The third-order valence-corrected chi connectivity index (χ3v) is 5.25. The van der Waals surface area contributed by atoms with Gasteiger partial charge in [0.05, 0.1) is 5.01 Å². The van der Waals surface area contributed by atoms with Crippen molar-refractivity contribution in [2.75, 3.05) is 19.6 Å². The summed E-state index contributed by atoms with van der Waals surface area (Å²) in [6.07, 6.45) is 7.63. The molecule has 2 heterocycles. The minimum atomic E-state index is 0. The molecule has 1 unspecified atom stereocenters. The smallest absolute Gasteiger partial charge is 0.0959 e. The number of aromatic nitrogens is 1. The second kappa shape index (κ2) is 7.02. The normalized spacial score (nSPS) is 25.4. The Labute approximate surface area is 126 Å². The van der Waals surface area contributed by atoms with Crippen molar-refractivity contribution in [3.8, 4) is 0 Å². The zero-order valence-corrected chi connectivity index (χ0v) is 13.2. The van der Waals surface area contributed by atoms with E-state index in [1.807, 2.05) is 11.3 Å². The molecule has 2 fully saturated rings. The van der Waals surface area contributed by atoms with Crippen molar-refractivity contribution in [3.63, 3.8) is 0 Å². The molecule has 1 aliphatic heterocycles. The lowest BCUT2D eigenvalue weighted by Gasteiger charge is -2.31. The van der Waals surface area contributed by atoms with Crippen LogP contribution in [0, 0.1) is 0 Å². The SMILES string of the molecule is CC1CN(Cc2cnc(C3CCCC3)s2)CCN1.Cl. The van der Waals surface area contributed by atoms with Crippen LogP contribution in [0.25, 0.3) is 0 Å². The van der Waals surface area contributed by atoms with Crippen molar-refractivity contribution in [1.82, 2.24) is 15.2 Å². The van der Waals surface area contributed by atoms with Gasteiger partial charge in [-0.1, -0.05) is 12.8 Å². The number of thiazole rings is 1. The summed E-state index contributed by atoms with van der Waals surface area (Å²) < 4.78 is 0. The molecular formula is C14H24ClN3S. The Balaban J connectivity index is 0.00000133. The van der Waals surface area contributed by atoms with Gasteiger partial charge in [0.15, 0.2) is 0 Å². The van der Waals surface area contributed by atoms with Crippen molar-refractivity contribution in [1.29, 1.82) is 0 Å². The molecule has 19 heavy (non-hydrogen) atoms. The van der Waals surface area contributed by atoms with E-state index < -0.39 is 0 Å². The predicted octanol–water partition coefficient (Wildman–Crippen LogP) is 3.02. The van der Waals surface area contributed by atoms with Crippen LogP contribution < -0.4 is 5.32 Å². The average Bonchev–Trinajstić information content (AvgIpc) is 2.98. The fraction of sp³-hybridized carbons (Fsp3) is 0.786. The fourth-order valence-corrected chi connectivity index (χ4v) is 4.26. The van der Waals surface area contributed by atoms with Crippen LogP contribution >= 0.6 is 23.7 Å². The molecule has 1 saturated carbocycles. The number of hydrogen-bond acceptors (Lipinski definition) is 4. The second-order valence-electron chi connectivity index (χ2n) is 5.74. The Morgan fingerprint density at radius 1 is 1.42 bits per heavy atom. The molecule has 108 valence electrons. The molecule has 1 atom stereocenters. The van der Waals surface area contributed by atoms with Gasteiger partial charge in [-0.25, -0.2) is 4.98 Å². The molecule has 1 aliphatic carbocycles. The zero-order valence-electron chi connectivity index (χ0n) is 11.6. The van der Waals surface area contributed by atoms with Crippen molar-refractivity contribution < 1.29 is 0 Å². The number of nitrogens with zero attached hydrogens (tertiary/aromatic N) is 2. The molecule has 2 aliphatic rings. The molecule has 0 amide bonds. The van der Waals surface area contributed by atoms with Gasteiger partial charge in [0.1, 0.15) is 0 Å². The number of hydrogen-bond donors (Lipinski definition) is 1. The maximum Gasteiger partial charge on any atom is 0.0959 e. The van der Waals surface area contributed by atoms with E-state index >= 15 is 0 Å². The van der Waals surface area contributed by atoms with Crippen LogP contribution in [0.5, 0.6) is 0 Å². The highest BCUT2D eigenvalue weighted by Gasteiger charge is 2.21. The van der Waals surface area contributed by atoms with E-state index in [0.717, 1.165) is 25.6 Å². The van der Waals surface area contributed by atoms with E-state index in [-0.39, 0.29) is 12.4 Å². The summed E-state index contributed by atoms with van der Waals surface area (Å²) in [5.74, 6) is 0.769. The van der Waals surface area contributed by atoms with Gasteiger partial charge in [0, 0.05) is 49.2 Å². The van der Waals surface area contributed by atoms with Crippen molar-refractivity contribution >= 4 is 23.7 Å². The lowest BCUT2D eigenvalue weighted by atomic mass is 10.1. The van der Waals surface area contributed by atoms with Crippen LogP contribution in [0.4, 0.5) is 0 Å². The molecule has 3 nitrogen and oxygen atoms in total. The third-order valence-electron chi connectivity index (χ3n) is 4.11. The highest BCUT2D eigenvalue weighted by molar-refractivity contribution is 7.11. The van der Waals surface area contributed by atoms with Gasteiger partial charge < -0.3 is 5.32 Å². The Morgan fingerprint density at radius 2 is 2.21 bits per heavy atom. The Hall–Kier alpha value is -0.160. The second-order valence-corrected chi connectivity index (χ2v) is 6.88. The maximum atomic E-state index is 4.66. The standard InChI is InChI=1S/C14H23N3S.ClH/c1-11-9-17(7-6-15-11)10-13-8-16-14(18-13)12-4-2-3-5-12;/h8,11-12,15H,2-7,9-10H2,1H3;1H. The Bertz CT molecular complexity index is 390. The summed E-state index contributed by atoms with van der Waals surface area (Å²) in [5.41, 5.74) is 0. The van der Waals surface area contributed by atoms with Crippen LogP contribution in [0.15, 0.2) is 6.20 Å². The van der Waals surface area contributed by atoms with Gasteiger partial charge in [-0.15, -0.1) is 23.7 Å². The van der Waals surface area contributed by atoms with Crippen LogP contribution in [0.3, 0.4) is 0 Å². The highest BCUT2D eigenvalue weighted by atomic mass is 35.5. The highest BCUT2D eigenvalue weighted by Crippen LogP contribution is 2.36. The van der Waals surface area contributed by atoms with E-state index in [4.69, 9.17) is 0 Å². The van der Waals surface area contributed by atoms with Gasteiger partial charge in [-0.05, 0) is 19.8 Å². The van der Waals surface area contributed by atoms with Crippen LogP contribution in [0.2, 0.25) is 0 Å². The molecular weight excluding hydrogens is 278 g/mol. The summed E-state index contributed by atoms with van der Waals surface area (Å²) in [4.78, 5) is 8.66. The van der Waals surface area contributed by atoms with E-state index in [0.29, 0.717) is 6.04 Å².